The van der Waals surface area contributed by atoms with Gasteiger partial charge in [0.05, 0.1) is 5.56 Å². The molecular weight excluding hydrogens is 357 g/mol. The second-order valence-electron chi connectivity index (χ2n) is 7.52. The van der Waals surface area contributed by atoms with Crippen LogP contribution in [0.3, 0.4) is 0 Å². The molecule has 27 heavy (non-hydrogen) atoms. The van der Waals surface area contributed by atoms with Crippen LogP contribution in [0.4, 0.5) is 13.2 Å². The molecule has 0 radical (unpaired) electrons. The van der Waals surface area contributed by atoms with Gasteiger partial charge in [-0.15, -0.1) is 0 Å². The molecule has 0 bridgehead atoms. The molecule has 0 spiro atoms. The van der Waals surface area contributed by atoms with E-state index in [4.69, 9.17) is 0 Å². The van der Waals surface area contributed by atoms with Crippen molar-refractivity contribution in [3.8, 4) is 0 Å². The fourth-order valence-electron chi connectivity index (χ4n) is 3.81. The summed E-state index contributed by atoms with van der Waals surface area (Å²) < 4.78 is 40.0. The van der Waals surface area contributed by atoms with Crippen LogP contribution in [-0.2, 0) is 19.6 Å². The number of nitrogens with one attached hydrogen (secondary N) is 1. The molecule has 1 fully saturated rings. The van der Waals surface area contributed by atoms with Gasteiger partial charge in [-0.1, -0.05) is 38.0 Å². The molecule has 1 N–H and O–H groups in total. The van der Waals surface area contributed by atoms with E-state index >= 15 is 0 Å². The molecule has 146 valence electrons. The minimum absolute atomic E-state index is 0.0589. The first-order valence-corrected chi connectivity index (χ1v) is 9.15. The Balaban J connectivity index is 2.03. The summed E-state index contributed by atoms with van der Waals surface area (Å²) in [5.74, 6) is 0.662. The number of benzene rings is 1. The van der Waals surface area contributed by atoms with Crippen LogP contribution >= 0.6 is 0 Å². The van der Waals surface area contributed by atoms with Crippen LogP contribution in [0.2, 0.25) is 0 Å². The van der Waals surface area contributed by atoms with Crippen molar-refractivity contribution in [1.29, 1.82) is 0 Å². The Labute approximate surface area is 155 Å². The molecule has 0 atom stereocenters. The Morgan fingerprint density at radius 3 is 2.44 bits per heavy atom. The van der Waals surface area contributed by atoms with Gasteiger partial charge in [-0.2, -0.15) is 13.2 Å². The smallest absolute Gasteiger partial charge is 0.310 e. The lowest BCUT2D eigenvalue weighted by molar-refractivity contribution is -0.137. The third-order valence-corrected chi connectivity index (χ3v) is 5.49. The molecule has 1 heterocycles. The first-order valence-electron chi connectivity index (χ1n) is 9.15. The molecule has 0 amide bonds. The van der Waals surface area contributed by atoms with E-state index in [0.717, 1.165) is 42.4 Å². The number of halogens is 3. The van der Waals surface area contributed by atoms with E-state index in [9.17, 15) is 22.8 Å². The first-order chi connectivity index (χ1) is 12.7. The summed E-state index contributed by atoms with van der Waals surface area (Å²) in [5, 5.41) is 0. The van der Waals surface area contributed by atoms with Gasteiger partial charge >= 0.3 is 11.9 Å². The lowest BCUT2D eigenvalue weighted by Crippen LogP contribution is -2.37. The van der Waals surface area contributed by atoms with E-state index in [-0.39, 0.29) is 12.3 Å². The Kier molecular flexibility index (Phi) is 5.31. The summed E-state index contributed by atoms with van der Waals surface area (Å²) >= 11 is 0. The van der Waals surface area contributed by atoms with E-state index in [1.807, 2.05) is 0 Å². The van der Waals surface area contributed by atoms with Crippen LogP contribution in [0.15, 0.2) is 33.9 Å². The summed E-state index contributed by atoms with van der Waals surface area (Å²) in [6, 6.07) is 5.00. The largest absolute Gasteiger partial charge is 0.416 e. The summed E-state index contributed by atoms with van der Waals surface area (Å²) in [7, 11) is 1.38. The lowest BCUT2D eigenvalue weighted by Gasteiger charge is -2.27. The van der Waals surface area contributed by atoms with E-state index in [1.54, 1.807) is 6.07 Å². The predicted octanol–water partition coefficient (Wildman–Crippen LogP) is 3.98. The second-order valence-corrected chi connectivity index (χ2v) is 7.52. The maximum atomic E-state index is 13.0. The van der Waals surface area contributed by atoms with Gasteiger partial charge in [0, 0.05) is 24.7 Å². The molecule has 1 aliphatic carbocycles. The predicted molar refractivity (Wildman–Crippen MR) is 96.9 cm³/mol. The molecule has 1 aromatic heterocycles. The fourth-order valence-corrected chi connectivity index (χ4v) is 3.81. The van der Waals surface area contributed by atoms with Crippen molar-refractivity contribution < 1.29 is 13.2 Å². The monoisotopic (exact) mass is 380 g/mol. The molecule has 7 heteroatoms. The number of alkyl halides is 3. The number of aromatic amines is 1. The van der Waals surface area contributed by atoms with Crippen molar-refractivity contribution in [2.75, 3.05) is 0 Å². The molecule has 2 aromatic rings. The van der Waals surface area contributed by atoms with Gasteiger partial charge in [0.2, 0.25) is 0 Å². The van der Waals surface area contributed by atoms with Crippen LogP contribution in [0.25, 0.3) is 0 Å². The van der Waals surface area contributed by atoms with Gasteiger partial charge in [-0.3, -0.25) is 9.36 Å². The van der Waals surface area contributed by atoms with E-state index in [2.05, 4.69) is 11.9 Å². The Morgan fingerprint density at radius 1 is 1.15 bits per heavy atom. The average molecular weight is 380 g/mol. The highest BCUT2D eigenvalue weighted by Gasteiger charge is 2.31. The van der Waals surface area contributed by atoms with Crippen molar-refractivity contribution in [2.45, 2.75) is 51.1 Å². The van der Waals surface area contributed by atoms with Gasteiger partial charge in [0.15, 0.2) is 0 Å². The molecule has 1 saturated carbocycles. The van der Waals surface area contributed by atoms with Gasteiger partial charge in [0.25, 0.3) is 5.56 Å². The number of hydrogen-bond acceptors (Lipinski definition) is 2. The highest BCUT2D eigenvalue weighted by Crippen LogP contribution is 2.36. The SMILES string of the molecule is CC1CCC(c2[nH]c(=O)n(C)c(=O)c2Cc2cccc(C(F)(F)F)c2)CC1. The zero-order chi connectivity index (χ0) is 19.8. The summed E-state index contributed by atoms with van der Waals surface area (Å²) in [5.41, 5.74) is -0.289. The number of hydrogen-bond donors (Lipinski definition) is 1. The van der Waals surface area contributed by atoms with Crippen LogP contribution in [0.1, 0.15) is 60.9 Å². The molecule has 4 nitrogen and oxygen atoms in total. The second kappa shape index (κ2) is 7.37. The van der Waals surface area contributed by atoms with Crippen molar-refractivity contribution in [2.24, 2.45) is 13.0 Å². The average Bonchev–Trinajstić information content (AvgIpc) is 2.62. The number of H-pyrrole nitrogens is 1. The highest BCUT2D eigenvalue weighted by atomic mass is 19.4. The Morgan fingerprint density at radius 2 is 1.81 bits per heavy atom. The van der Waals surface area contributed by atoms with Crippen molar-refractivity contribution >= 4 is 0 Å². The molecule has 1 aromatic carbocycles. The fraction of sp³-hybridized carbons (Fsp3) is 0.500. The topological polar surface area (TPSA) is 54.9 Å². The number of aromatic nitrogens is 2. The van der Waals surface area contributed by atoms with Gasteiger partial charge in [-0.25, -0.2) is 4.79 Å². The Bertz CT molecular complexity index is 935. The number of rotatable bonds is 3. The summed E-state index contributed by atoms with van der Waals surface area (Å²) in [6.45, 7) is 2.17. The maximum Gasteiger partial charge on any atom is 0.416 e. The van der Waals surface area contributed by atoms with Crippen molar-refractivity contribution in [3.63, 3.8) is 0 Å². The van der Waals surface area contributed by atoms with Gasteiger partial charge < -0.3 is 4.98 Å². The van der Waals surface area contributed by atoms with E-state index in [0.29, 0.717) is 22.7 Å². The standard InChI is InChI=1S/C20H23F3N2O2/c1-12-6-8-14(9-7-12)17-16(18(26)25(2)19(27)24-17)11-13-4-3-5-15(10-13)20(21,22)23/h3-5,10,12,14H,6-9,11H2,1-2H3,(H,24,27). The third kappa shape index (κ3) is 4.17. The van der Waals surface area contributed by atoms with E-state index < -0.39 is 23.0 Å². The van der Waals surface area contributed by atoms with Crippen LogP contribution < -0.4 is 11.2 Å². The zero-order valence-corrected chi connectivity index (χ0v) is 15.4. The van der Waals surface area contributed by atoms with Crippen LogP contribution in [0, 0.1) is 5.92 Å². The summed E-state index contributed by atoms with van der Waals surface area (Å²) in [4.78, 5) is 27.7. The van der Waals surface area contributed by atoms with Crippen LogP contribution in [-0.4, -0.2) is 9.55 Å². The Hall–Kier alpha value is -2.31. The van der Waals surface area contributed by atoms with Gasteiger partial charge in [0.1, 0.15) is 0 Å². The zero-order valence-electron chi connectivity index (χ0n) is 15.4. The van der Waals surface area contributed by atoms with Crippen LogP contribution in [0.5, 0.6) is 0 Å². The first kappa shape index (κ1) is 19.5. The maximum absolute atomic E-state index is 13.0. The van der Waals surface area contributed by atoms with Crippen molar-refractivity contribution in [1.82, 2.24) is 9.55 Å². The molecular formula is C20H23F3N2O2. The molecule has 0 unspecified atom stereocenters. The minimum Gasteiger partial charge on any atom is -0.310 e. The quantitative estimate of drug-likeness (QED) is 0.876. The van der Waals surface area contributed by atoms with Crippen molar-refractivity contribution in [3.05, 3.63) is 67.5 Å². The lowest BCUT2D eigenvalue weighted by atomic mass is 9.80. The third-order valence-electron chi connectivity index (χ3n) is 5.49. The number of nitrogens with zero attached hydrogens (tertiary/aromatic N) is 1. The molecule has 0 aliphatic heterocycles. The summed E-state index contributed by atoms with van der Waals surface area (Å²) in [6.07, 6.45) is -0.640. The molecule has 0 saturated heterocycles. The van der Waals surface area contributed by atoms with E-state index in [1.165, 1.54) is 13.1 Å². The highest BCUT2D eigenvalue weighted by molar-refractivity contribution is 5.33. The van der Waals surface area contributed by atoms with Gasteiger partial charge in [-0.05, 0) is 36.3 Å². The molecule has 1 aliphatic rings. The normalized spacial score (nSPS) is 20.6. The molecule has 3 rings (SSSR count). The minimum atomic E-state index is -4.44.